The zero-order valence-electron chi connectivity index (χ0n) is 15.0. The Hall–Kier alpha value is -1.68. The fraction of sp³-hybridized carbons (Fsp3) is 0.333. The second-order valence-corrected chi connectivity index (χ2v) is 7.12. The number of aliphatic imine (C=N–C) groups is 1. The van der Waals surface area contributed by atoms with E-state index in [4.69, 9.17) is 0 Å². The summed E-state index contributed by atoms with van der Waals surface area (Å²) in [4.78, 5) is 18.7. The molecule has 0 radical (unpaired) electrons. The number of nitrogens with one attached hydrogen (secondary N) is 3. The lowest BCUT2D eigenvalue weighted by molar-refractivity contribution is -0.115. The van der Waals surface area contributed by atoms with Crippen LogP contribution in [0.4, 0.5) is 10.1 Å². The summed E-state index contributed by atoms with van der Waals surface area (Å²) < 4.78 is 12.9. The van der Waals surface area contributed by atoms with Gasteiger partial charge in [-0.15, -0.1) is 35.3 Å². The number of benzene rings is 1. The van der Waals surface area contributed by atoms with E-state index in [9.17, 15) is 9.18 Å². The predicted molar refractivity (Wildman–Crippen MR) is 117 cm³/mol. The number of thiophene rings is 1. The van der Waals surface area contributed by atoms with Gasteiger partial charge in [-0.3, -0.25) is 9.79 Å². The topological polar surface area (TPSA) is 65.5 Å². The molecule has 5 nitrogen and oxygen atoms in total. The Labute approximate surface area is 174 Å². The zero-order valence-corrected chi connectivity index (χ0v) is 18.2. The molecule has 0 saturated heterocycles. The van der Waals surface area contributed by atoms with Crippen LogP contribution in [-0.4, -0.2) is 31.5 Å². The third kappa shape index (κ3) is 7.69. The van der Waals surface area contributed by atoms with Gasteiger partial charge in [0.2, 0.25) is 5.91 Å². The molecule has 3 N–H and O–H groups in total. The predicted octanol–water partition coefficient (Wildman–Crippen LogP) is 3.55. The molecule has 0 aliphatic carbocycles. The minimum atomic E-state index is -0.337. The smallest absolute Gasteiger partial charge is 0.243 e. The Bertz CT molecular complexity index is 733. The Morgan fingerprint density at radius 3 is 2.50 bits per heavy atom. The molecule has 1 atom stereocenters. The van der Waals surface area contributed by atoms with Crippen molar-refractivity contribution < 1.29 is 9.18 Å². The molecular weight excluding hydrogens is 466 g/mol. The number of carbonyl (C=O) groups excluding carboxylic acids is 1. The Kier molecular flexibility index (Phi) is 9.57. The third-order valence-corrected chi connectivity index (χ3v) is 4.48. The van der Waals surface area contributed by atoms with E-state index in [0.717, 1.165) is 6.42 Å². The van der Waals surface area contributed by atoms with Gasteiger partial charge in [0.1, 0.15) is 5.82 Å². The van der Waals surface area contributed by atoms with Gasteiger partial charge in [-0.25, -0.2) is 4.39 Å². The van der Waals surface area contributed by atoms with Crippen LogP contribution in [0.15, 0.2) is 41.4 Å². The van der Waals surface area contributed by atoms with E-state index in [1.807, 2.05) is 0 Å². The fourth-order valence-corrected chi connectivity index (χ4v) is 3.30. The van der Waals surface area contributed by atoms with Crippen molar-refractivity contribution in [1.82, 2.24) is 10.6 Å². The maximum absolute atomic E-state index is 12.9. The van der Waals surface area contributed by atoms with Crippen molar-refractivity contribution in [3.05, 3.63) is 52.0 Å². The van der Waals surface area contributed by atoms with Crippen molar-refractivity contribution >= 4 is 52.9 Å². The Balaban J connectivity index is 0.00000338. The van der Waals surface area contributed by atoms with Crippen LogP contribution in [0.2, 0.25) is 0 Å². The molecule has 1 aromatic carbocycles. The number of halogens is 2. The molecule has 0 aliphatic rings. The molecule has 1 amide bonds. The molecule has 2 rings (SSSR count). The first-order chi connectivity index (χ1) is 12.0. The molecule has 1 aromatic heterocycles. The minimum absolute atomic E-state index is 0. The summed E-state index contributed by atoms with van der Waals surface area (Å²) in [6, 6.07) is 10.1. The van der Waals surface area contributed by atoms with E-state index < -0.39 is 0 Å². The second kappa shape index (κ2) is 11.1. The maximum atomic E-state index is 12.9. The van der Waals surface area contributed by atoms with E-state index >= 15 is 0 Å². The minimum Gasteiger partial charge on any atom is -0.354 e. The van der Waals surface area contributed by atoms with Crippen molar-refractivity contribution in [2.45, 2.75) is 26.3 Å². The lowest BCUT2D eigenvalue weighted by atomic mass is 10.2. The largest absolute Gasteiger partial charge is 0.354 e. The highest BCUT2D eigenvalue weighted by Crippen LogP contribution is 2.16. The van der Waals surface area contributed by atoms with E-state index in [1.165, 1.54) is 34.0 Å². The number of nitrogens with zero attached hydrogens (tertiary/aromatic N) is 1. The number of hydrogen-bond donors (Lipinski definition) is 3. The fourth-order valence-electron chi connectivity index (χ4n) is 2.28. The second-order valence-electron chi connectivity index (χ2n) is 5.74. The molecule has 0 spiro atoms. The normalized spacial score (nSPS) is 12.1. The van der Waals surface area contributed by atoms with Gasteiger partial charge in [0.15, 0.2) is 5.96 Å². The van der Waals surface area contributed by atoms with E-state index in [-0.39, 0.29) is 48.3 Å². The van der Waals surface area contributed by atoms with Crippen LogP contribution in [0.25, 0.3) is 0 Å². The van der Waals surface area contributed by atoms with Gasteiger partial charge in [-0.1, -0.05) is 0 Å². The van der Waals surface area contributed by atoms with E-state index in [1.54, 1.807) is 18.4 Å². The molecular formula is C18H24FIN4OS. The summed E-state index contributed by atoms with van der Waals surface area (Å²) in [7, 11) is 1.66. The number of rotatable bonds is 6. The standard InChI is InChI=1S/C18H23FN4OS.HI/c1-12(10-16-9-4-13(2)25-16)22-18(20-3)21-11-17(24)23-15-7-5-14(19)6-8-15;/h4-9,12H,10-11H2,1-3H3,(H,23,24)(H2,20,21,22);1H. The summed E-state index contributed by atoms with van der Waals surface area (Å²) in [5.74, 6) is 0.00164. The number of anilines is 1. The zero-order chi connectivity index (χ0) is 18.2. The van der Waals surface area contributed by atoms with Gasteiger partial charge >= 0.3 is 0 Å². The van der Waals surface area contributed by atoms with E-state index in [0.29, 0.717) is 11.6 Å². The average molecular weight is 490 g/mol. The monoisotopic (exact) mass is 490 g/mol. The van der Waals surface area contributed by atoms with Crippen LogP contribution >= 0.6 is 35.3 Å². The lowest BCUT2D eigenvalue weighted by Crippen LogP contribution is -2.45. The molecule has 8 heteroatoms. The van der Waals surface area contributed by atoms with Gasteiger partial charge in [0.25, 0.3) is 0 Å². The molecule has 0 aliphatic heterocycles. The van der Waals surface area contributed by atoms with Crippen LogP contribution < -0.4 is 16.0 Å². The first kappa shape index (κ1) is 22.4. The molecule has 1 unspecified atom stereocenters. The summed E-state index contributed by atoms with van der Waals surface area (Å²) in [5, 5.41) is 8.94. The van der Waals surface area contributed by atoms with Gasteiger partial charge < -0.3 is 16.0 Å². The van der Waals surface area contributed by atoms with Crippen LogP contribution in [0.3, 0.4) is 0 Å². The molecule has 0 fully saturated rings. The molecule has 0 saturated carbocycles. The highest BCUT2D eigenvalue weighted by Gasteiger charge is 2.09. The van der Waals surface area contributed by atoms with Crippen LogP contribution in [-0.2, 0) is 11.2 Å². The summed E-state index contributed by atoms with van der Waals surface area (Å²) >= 11 is 1.78. The quantitative estimate of drug-likeness (QED) is 0.330. The summed E-state index contributed by atoms with van der Waals surface area (Å²) in [5.41, 5.74) is 0.553. The summed E-state index contributed by atoms with van der Waals surface area (Å²) in [6.45, 7) is 4.23. The summed E-state index contributed by atoms with van der Waals surface area (Å²) in [6.07, 6.45) is 0.890. The molecule has 142 valence electrons. The molecule has 26 heavy (non-hydrogen) atoms. The number of amides is 1. The van der Waals surface area contributed by atoms with E-state index in [2.05, 4.69) is 46.9 Å². The van der Waals surface area contributed by atoms with Crippen molar-refractivity contribution in [3.8, 4) is 0 Å². The van der Waals surface area contributed by atoms with Crippen LogP contribution in [0.1, 0.15) is 16.7 Å². The first-order valence-corrected chi connectivity index (χ1v) is 8.86. The Morgan fingerprint density at radius 1 is 1.23 bits per heavy atom. The van der Waals surface area contributed by atoms with Crippen molar-refractivity contribution in [2.75, 3.05) is 18.9 Å². The number of carbonyl (C=O) groups is 1. The van der Waals surface area contributed by atoms with Gasteiger partial charge in [0, 0.05) is 35.0 Å². The number of guanidine groups is 1. The number of aryl methyl sites for hydroxylation is 1. The molecule has 0 bridgehead atoms. The highest BCUT2D eigenvalue weighted by atomic mass is 127. The van der Waals surface area contributed by atoms with Crippen molar-refractivity contribution in [2.24, 2.45) is 4.99 Å². The van der Waals surface area contributed by atoms with Gasteiger partial charge in [-0.2, -0.15) is 0 Å². The van der Waals surface area contributed by atoms with Crippen molar-refractivity contribution in [3.63, 3.8) is 0 Å². The highest BCUT2D eigenvalue weighted by molar-refractivity contribution is 14.0. The van der Waals surface area contributed by atoms with Gasteiger partial charge in [-0.05, 0) is 50.2 Å². The van der Waals surface area contributed by atoms with Gasteiger partial charge in [0.05, 0.1) is 6.54 Å². The maximum Gasteiger partial charge on any atom is 0.243 e. The van der Waals surface area contributed by atoms with Crippen LogP contribution in [0.5, 0.6) is 0 Å². The van der Waals surface area contributed by atoms with Crippen LogP contribution in [0, 0.1) is 12.7 Å². The molecule has 2 aromatic rings. The molecule has 1 heterocycles. The SMILES string of the molecule is CN=C(NCC(=O)Nc1ccc(F)cc1)NC(C)Cc1ccc(C)s1.I. The average Bonchev–Trinajstić information content (AvgIpc) is 2.98. The third-order valence-electron chi connectivity index (χ3n) is 3.45. The van der Waals surface area contributed by atoms with Crippen molar-refractivity contribution in [1.29, 1.82) is 0 Å². The number of hydrogen-bond acceptors (Lipinski definition) is 3. The first-order valence-electron chi connectivity index (χ1n) is 8.04. The Morgan fingerprint density at radius 2 is 1.92 bits per heavy atom. The lowest BCUT2D eigenvalue weighted by Gasteiger charge is -2.17.